The fraction of sp³-hybridized carbons (Fsp3) is 0.367. The van der Waals surface area contributed by atoms with Gasteiger partial charge in [0, 0.05) is 23.2 Å². The number of hydrogen-bond acceptors (Lipinski definition) is 5. The topological polar surface area (TPSA) is 73.2 Å². The van der Waals surface area contributed by atoms with E-state index in [1.54, 1.807) is 35.9 Å². The Bertz CT molecular complexity index is 1390. The summed E-state index contributed by atoms with van der Waals surface area (Å²) in [5, 5.41) is 3.47. The zero-order chi connectivity index (χ0) is 26.0. The van der Waals surface area contributed by atoms with Crippen LogP contribution in [0.25, 0.3) is 11.3 Å². The third-order valence-electron chi connectivity index (χ3n) is 7.41. The van der Waals surface area contributed by atoms with Crippen molar-refractivity contribution in [3.05, 3.63) is 82.2 Å². The van der Waals surface area contributed by atoms with Crippen LogP contribution in [0.4, 0.5) is 5.69 Å². The molecule has 2 aliphatic rings. The number of nitrogens with zero attached hydrogens (tertiary/aromatic N) is 2. The van der Waals surface area contributed by atoms with E-state index >= 15 is 0 Å². The predicted molar refractivity (Wildman–Crippen MR) is 150 cm³/mol. The van der Waals surface area contributed by atoms with Gasteiger partial charge < -0.3 is 10.1 Å². The van der Waals surface area contributed by atoms with Crippen LogP contribution in [-0.4, -0.2) is 28.3 Å². The first kappa shape index (κ1) is 25.3. The Morgan fingerprint density at radius 1 is 1.14 bits per heavy atom. The van der Waals surface area contributed by atoms with E-state index in [0.29, 0.717) is 17.4 Å². The molecule has 1 fully saturated rings. The summed E-state index contributed by atoms with van der Waals surface area (Å²) < 4.78 is 6.92. The van der Waals surface area contributed by atoms with Crippen LogP contribution in [0, 0.1) is 0 Å². The van der Waals surface area contributed by atoms with E-state index < -0.39 is 0 Å². The molecule has 192 valence electrons. The molecule has 1 heterocycles. The van der Waals surface area contributed by atoms with E-state index in [-0.39, 0.29) is 22.6 Å². The number of amides is 1. The van der Waals surface area contributed by atoms with E-state index in [4.69, 9.17) is 9.72 Å². The third kappa shape index (κ3) is 5.10. The molecule has 6 nitrogen and oxygen atoms in total. The number of aromatic nitrogens is 2. The van der Waals surface area contributed by atoms with Gasteiger partial charge >= 0.3 is 0 Å². The van der Waals surface area contributed by atoms with E-state index in [9.17, 15) is 9.59 Å². The van der Waals surface area contributed by atoms with Gasteiger partial charge in [-0.15, -0.1) is 0 Å². The van der Waals surface area contributed by atoms with Gasteiger partial charge in [-0.2, -0.15) is 0 Å². The molecule has 3 aromatic rings. The van der Waals surface area contributed by atoms with E-state index in [1.165, 1.54) is 23.7 Å². The molecular formula is C30H33N3O3S. The molecule has 0 atom stereocenters. The summed E-state index contributed by atoms with van der Waals surface area (Å²) in [4.78, 5) is 32.1. The number of allylic oxidation sites excluding steroid dienone is 1. The minimum Gasteiger partial charge on any atom is -0.497 e. The molecule has 0 aliphatic heterocycles. The van der Waals surface area contributed by atoms with Gasteiger partial charge in [0.2, 0.25) is 5.91 Å². The van der Waals surface area contributed by atoms with Gasteiger partial charge in [-0.1, -0.05) is 67.4 Å². The van der Waals surface area contributed by atoms with E-state index in [2.05, 4.69) is 30.1 Å². The number of anilines is 1. The van der Waals surface area contributed by atoms with Gasteiger partial charge in [-0.05, 0) is 56.0 Å². The van der Waals surface area contributed by atoms with Crippen molar-refractivity contribution in [1.29, 1.82) is 0 Å². The van der Waals surface area contributed by atoms with Crippen molar-refractivity contribution in [3.63, 3.8) is 0 Å². The zero-order valence-electron chi connectivity index (χ0n) is 21.5. The molecular weight excluding hydrogens is 482 g/mol. The Morgan fingerprint density at radius 3 is 2.57 bits per heavy atom. The number of rotatable bonds is 7. The second-order valence-electron chi connectivity index (χ2n) is 10.2. The minimum atomic E-state index is -0.169. The van der Waals surface area contributed by atoms with Crippen LogP contribution in [0.2, 0.25) is 0 Å². The number of nitrogens with one attached hydrogen (secondary N) is 1. The van der Waals surface area contributed by atoms with Crippen LogP contribution in [-0.2, 0) is 23.2 Å². The Labute approximate surface area is 222 Å². The van der Waals surface area contributed by atoms with Crippen molar-refractivity contribution in [2.75, 3.05) is 18.2 Å². The highest BCUT2D eigenvalue weighted by atomic mass is 32.2. The lowest BCUT2D eigenvalue weighted by molar-refractivity contribution is -0.113. The first-order valence-corrected chi connectivity index (χ1v) is 13.8. The molecule has 0 radical (unpaired) electrons. The molecule has 0 unspecified atom stereocenters. The van der Waals surface area contributed by atoms with Crippen molar-refractivity contribution < 1.29 is 9.53 Å². The van der Waals surface area contributed by atoms with Crippen molar-refractivity contribution in [2.24, 2.45) is 0 Å². The average Bonchev–Trinajstić information content (AvgIpc) is 2.90. The number of carbonyl (C=O) groups is 1. The molecule has 7 heteroatoms. The van der Waals surface area contributed by atoms with Crippen molar-refractivity contribution >= 4 is 23.4 Å². The van der Waals surface area contributed by atoms with Gasteiger partial charge in [0.15, 0.2) is 5.16 Å². The molecule has 1 N–H and O–H groups in total. The number of ether oxygens (including phenoxy) is 1. The lowest BCUT2D eigenvalue weighted by atomic mass is 9.62. The summed E-state index contributed by atoms with van der Waals surface area (Å²) in [6, 6.07) is 15.5. The Balaban J connectivity index is 1.51. The van der Waals surface area contributed by atoms with Gasteiger partial charge in [0.25, 0.3) is 5.56 Å². The van der Waals surface area contributed by atoms with Gasteiger partial charge in [-0.3, -0.25) is 14.2 Å². The monoisotopic (exact) mass is 515 g/mol. The second-order valence-corrected chi connectivity index (χ2v) is 11.1. The van der Waals surface area contributed by atoms with Crippen molar-refractivity contribution in [2.45, 2.75) is 62.6 Å². The smallest absolute Gasteiger partial charge is 0.258 e. The van der Waals surface area contributed by atoms with Crippen LogP contribution in [0.5, 0.6) is 5.75 Å². The molecule has 1 aromatic heterocycles. The number of methoxy groups -OCH3 is 1. The molecule has 1 saturated carbocycles. The number of carbonyl (C=O) groups excluding carboxylic acids is 1. The minimum absolute atomic E-state index is 0.0162. The normalized spacial score (nSPS) is 15.5. The van der Waals surface area contributed by atoms with Crippen LogP contribution in [0.3, 0.4) is 0 Å². The summed E-state index contributed by atoms with van der Waals surface area (Å²) in [5.41, 5.74) is 5.37. The predicted octanol–water partition coefficient (Wildman–Crippen LogP) is 5.98. The Morgan fingerprint density at radius 2 is 1.86 bits per heavy atom. The standard InChI is InChI=1S/C30H33N3O3S/c1-20(2)18-33-28(35)26-27(24-10-6-5-9-21(24)17-30(26)15-7-4-8-16-30)32-29(33)37-19-25(34)31-22-11-13-23(36-3)14-12-22/h5-6,9-14H,1,4,7-8,15-19H2,2-3H3,(H,31,34). The zero-order valence-corrected chi connectivity index (χ0v) is 22.3. The van der Waals surface area contributed by atoms with Gasteiger partial charge in [0.05, 0.1) is 24.1 Å². The van der Waals surface area contributed by atoms with Crippen molar-refractivity contribution in [3.8, 4) is 17.0 Å². The van der Waals surface area contributed by atoms with Gasteiger partial charge in [-0.25, -0.2) is 4.98 Å². The maximum absolute atomic E-state index is 14.2. The molecule has 5 rings (SSSR count). The number of fused-ring (bicyclic) bond motifs is 4. The third-order valence-corrected chi connectivity index (χ3v) is 8.39. The quantitative estimate of drug-likeness (QED) is 0.238. The second kappa shape index (κ2) is 10.6. The average molecular weight is 516 g/mol. The van der Waals surface area contributed by atoms with Gasteiger partial charge in [0.1, 0.15) is 5.75 Å². The van der Waals surface area contributed by atoms with Crippen molar-refractivity contribution in [1.82, 2.24) is 9.55 Å². The SMILES string of the molecule is C=C(C)Cn1c(SCC(=O)Nc2ccc(OC)cc2)nc2c(c1=O)C1(CCCCC1)Cc1ccccc1-2. The molecule has 0 bridgehead atoms. The number of thioether (sulfide) groups is 1. The Kier molecular flexibility index (Phi) is 7.24. The molecule has 1 amide bonds. The highest BCUT2D eigenvalue weighted by Crippen LogP contribution is 2.48. The number of hydrogen-bond donors (Lipinski definition) is 1. The number of benzene rings is 2. The highest BCUT2D eigenvalue weighted by Gasteiger charge is 2.43. The lowest BCUT2D eigenvalue weighted by Crippen LogP contribution is -2.43. The summed E-state index contributed by atoms with van der Waals surface area (Å²) in [6.45, 7) is 6.37. The molecule has 0 saturated heterocycles. The molecule has 1 spiro atoms. The van der Waals surface area contributed by atoms with Crippen LogP contribution >= 0.6 is 11.8 Å². The highest BCUT2D eigenvalue weighted by molar-refractivity contribution is 7.99. The Hall–Kier alpha value is -3.32. The summed E-state index contributed by atoms with van der Waals surface area (Å²) >= 11 is 1.29. The fourth-order valence-electron chi connectivity index (χ4n) is 5.74. The first-order chi connectivity index (χ1) is 17.9. The first-order valence-electron chi connectivity index (χ1n) is 12.8. The maximum atomic E-state index is 14.2. The fourth-order valence-corrected chi connectivity index (χ4v) is 6.53. The van der Waals surface area contributed by atoms with Crippen LogP contribution in [0.1, 0.15) is 50.2 Å². The summed E-state index contributed by atoms with van der Waals surface area (Å²) in [6.07, 6.45) is 6.37. The molecule has 2 aliphatic carbocycles. The van der Waals surface area contributed by atoms with E-state index in [1.807, 2.05) is 13.0 Å². The molecule has 2 aromatic carbocycles. The van der Waals surface area contributed by atoms with Crippen LogP contribution < -0.4 is 15.6 Å². The summed E-state index contributed by atoms with van der Waals surface area (Å²) in [5.74, 6) is 0.707. The lowest BCUT2D eigenvalue weighted by Gasteiger charge is -2.42. The summed E-state index contributed by atoms with van der Waals surface area (Å²) in [7, 11) is 1.61. The largest absolute Gasteiger partial charge is 0.497 e. The maximum Gasteiger partial charge on any atom is 0.258 e. The van der Waals surface area contributed by atoms with E-state index in [0.717, 1.165) is 60.2 Å². The molecule has 37 heavy (non-hydrogen) atoms. The van der Waals surface area contributed by atoms with Crippen LogP contribution in [0.15, 0.2) is 70.6 Å².